The van der Waals surface area contributed by atoms with Crippen LogP contribution in [0.25, 0.3) is 0 Å². The first kappa shape index (κ1) is 19.1. The molecular weight excluding hydrogens is 308 g/mol. The molecule has 0 fully saturated rings. The summed E-state index contributed by atoms with van der Waals surface area (Å²) < 4.78 is 84.2. The maximum absolute atomic E-state index is 13.2. The third-order valence-corrected chi connectivity index (χ3v) is 4.23. The summed E-state index contributed by atoms with van der Waals surface area (Å²) in [7, 11) is -6.43. The first-order valence-corrected chi connectivity index (χ1v) is 7.21. The molecular formula is C10H16F4O5S. The van der Waals surface area contributed by atoms with Crippen LogP contribution in [0.3, 0.4) is 0 Å². The molecule has 0 aliphatic carbocycles. The number of hydrogen-bond acceptors (Lipinski definition) is 4. The molecule has 0 unspecified atom stereocenters. The maximum Gasteiger partial charge on any atom is 0.485 e. The lowest BCUT2D eigenvalue weighted by molar-refractivity contribution is -0.307. The van der Waals surface area contributed by atoms with E-state index in [9.17, 15) is 30.8 Å². The van der Waals surface area contributed by atoms with Gasteiger partial charge in [0, 0.05) is 0 Å². The molecule has 0 saturated carbocycles. The van der Waals surface area contributed by atoms with E-state index in [2.05, 4.69) is 4.74 Å². The van der Waals surface area contributed by atoms with Crippen molar-refractivity contribution in [1.29, 1.82) is 0 Å². The van der Waals surface area contributed by atoms with Gasteiger partial charge in [0.05, 0.1) is 5.41 Å². The smallest absolute Gasteiger partial charge is 0.395 e. The van der Waals surface area contributed by atoms with E-state index in [1.807, 2.05) is 0 Å². The Labute approximate surface area is 114 Å². The highest BCUT2D eigenvalue weighted by Crippen LogP contribution is 2.42. The van der Waals surface area contributed by atoms with Crippen LogP contribution in [0.1, 0.15) is 40.0 Å². The van der Waals surface area contributed by atoms with Crippen molar-refractivity contribution in [3.05, 3.63) is 0 Å². The van der Waals surface area contributed by atoms with Gasteiger partial charge >= 0.3 is 27.5 Å². The quantitative estimate of drug-likeness (QED) is 0.442. The number of ether oxygens (including phenoxy) is 1. The molecule has 120 valence electrons. The van der Waals surface area contributed by atoms with Crippen LogP contribution in [0.4, 0.5) is 17.6 Å². The standard InChI is InChI=1S/C10H16F4O5S/c1-4-8(5-2,6-3)7(15)19-9(11,12)10(13,14)20(16,17)18/h4-6H2,1-3H3,(H,16,17,18). The van der Waals surface area contributed by atoms with Gasteiger partial charge in [-0.3, -0.25) is 9.35 Å². The Bertz CT molecular complexity index is 448. The summed E-state index contributed by atoms with van der Waals surface area (Å²) in [6.45, 7) is 4.44. The summed E-state index contributed by atoms with van der Waals surface area (Å²) in [6, 6.07) is 0. The summed E-state index contributed by atoms with van der Waals surface area (Å²) in [6.07, 6.45) is -5.52. The summed E-state index contributed by atoms with van der Waals surface area (Å²) in [4.78, 5) is 11.6. The van der Waals surface area contributed by atoms with E-state index >= 15 is 0 Å². The molecule has 5 nitrogen and oxygen atoms in total. The number of hydrogen-bond donors (Lipinski definition) is 1. The van der Waals surface area contributed by atoms with Crippen molar-refractivity contribution in [2.45, 2.75) is 51.4 Å². The lowest BCUT2D eigenvalue weighted by Crippen LogP contribution is -2.51. The van der Waals surface area contributed by atoms with Gasteiger partial charge in [0.1, 0.15) is 0 Å². The summed E-state index contributed by atoms with van der Waals surface area (Å²) in [5.41, 5.74) is -1.42. The van der Waals surface area contributed by atoms with Crippen molar-refractivity contribution in [3.8, 4) is 0 Å². The van der Waals surface area contributed by atoms with Crippen molar-refractivity contribution >= 4 is 16.1 Å². The maximum atomic E-state index is 13.2. The SMILES string of the molecule is CCC(CC)(CC)C(=O)OC(F)(F)C(F)(F)S(=O)(=O)O. The number of alkyl halides is 4. The minimum atomic E-state index is -6.43. The number of esters is 1. The summed E-state index contributed by atoms with van der Waals surface area (Å²) >= 11 is 0. The zero-order valence-electron chi connectivity index (χ0n) is 11.1. The van der Waals surface area contributed by atoms with E-state index in [4.69, 9.17) is 4.55 Å². The fraction of sp³-hybridized carbons (Fsp3) is 0.900. The van der Waals surface area contributed by atoms with Crippen LogP contribution >= 0.6 is 0 Å². The highest BCUT2D eigenvalue weighted by atomic mass is 32.2. The fourth-order valence-corrected chi connectivity index (χ4v) is 1.96. The van der Waals surface area contributed by atoms with Gasteiger partial charge in [-0.05, 0) is 19.3 Å². The van der Waals surface area contributed by atoms with Gasteiger partial charge in [-0.25, -0.2) is 0 Å². The Morgan fingerprint density at radius 1 is 1.05 bits per heavy atom. The van der Waals surface area contributed by atoms with Crippen LogP contribution in [0.15, 0.2) is 0 Å². The third kappa shape index (κ3) is 3.22. The second kappa shape index (κ2) is 5.84. The number of halogens is 4. The lowest BCUT2D eigenvalue weighted by Gasteiger charge is -2.31. The lowest BCUT2D eigenvalue weighted by atomic mass is 9.80. The third-order valence-electron chi connectivity index (χ3n) is 3.35. The van der Waals surface area contributed by atoms with Gasteiger partial charge in [-0.1, -0.05) is 20.8 Å². The van der Waals surface area contributed by atoms with Gasteiger partial charge in [-0.15, -0.1) is 0 Å². The Balaban J connectivity index is 5.46. The predicted octanol–water partition coefficient (Wildman–Crippen LogP) is 2.82. The normalized spacial score (nSPS) is 14.2. The van der Waals surface area contributed by atoms with E-state index < -0.39 is 32.9 Å². The summed E-state index contributed by atoms with van der Waals surface area (Å²) in [5.74, 6) is -1.64. The minimum absolute atomic E-state index is 0.0480. The topological polar surface area (TPSA) is 80.7 Å². The largest absolute Gasteiger partial charge is 0.485 e. The molecule has 0 aromatic rings. The van der Waals surface area contributed by atoms with Gasteiger partial charge in [0.2, 0.25) is 0 Å². The van der Waals surface area contributed by atoms with Crippen LogP contribution in [0.2, 0.25) is 0 Å². The van der Waals surface area contributed by atoms with E-state index in [0.717, 1.165) is 0 Å². The van der Waals surface area contributed by atoms with Crippen LogP contribution < -0.4 is 0 Å². The minimum Gasteiger partial charge on any atom is -0.395 e. The van der Waals surface area contributed by atoms with Crippen LogP contribution in [0.5, 0.6) is 0 Å². The van der Waals surface area contributed by atoms with E-state index in [-0.39, 0.29) is 19.3 Å². The average molecular weight is 324 g/mol. The molecule has 0 atom stereocenters. The van der Waals surface area contributed by atoms with Gasteiger partial charge in [0.15, 0.2) is 0 Å². The fourth-order valence-electron chi connectivity index (χ4n) is 1.62. The highest BCUT2D eigenvalue weighted by Gasteiger charge is 2.70. The first-order chi connectivity index (χ1) is 8.81. The highest BCUT2D eigenvalue weighted by molar-refractivity contribution is 7.86. The first-order valence-electron chi connectivity index (χ1n) is 5.77. The van der Waals surface area contributed by atoms with Crippen molar-refractivity contribution in [2.24, 2.45) is 5.41 Å². The van der Waals surface area contributed by atoms with Gasteiger partial charge in [-0.2, -0.15) is 26.0 Å². The van der Waals surface area contributed by atoms with Crippen molar-refractivity contribution in [1.82, 2.24) is 0 Å². The van der Waals surface area contributed by atoms with Crippen molar-refractivity contribution < 1.29 is 40.1 Å². The molecule has 0 aromatic heterocycles. The molecule has 0 radical (unpaired) electrons. The second-order valence-corrected chi connectivity index (χ2v) is 5.70. The molecule has 0 aliphatic rings. The van der Waals surface area contributed by atoms with E-state index in [0.29, 0.717) is 0 Å². The Hall–Kier alpha value is -0.900. The van der Waals surface area contributed by atoms with Gasteiger partial charge < -0.3 is 4.74 Å². The molecule has 0 saturated heterocycles. The Morgan fingerprint density at radius 3 is 1.65 bits per heavy atom. The summed E-state index contributed by atoms with van der Waals surface area (Å²) in [5, 5.41) is -5.92. The molecule has 20 heavy (non-hydrogen) atoms. The molecule has 0 amide bonds. The second-order valence-electron chi connectivity index (χ2n) is 4.24. The van der Waals surface area contributed by atoms with E-state index in [1.165, 1.54) is 20.8 Å². The monoisotopic (exact) mass is 324 g/mol. The molecule has 0 bridgehead atoms. The predicted molar refractivity (Wildman–Crippen MR) is 60.8 cm³/mol. The number of carbonyl (C=O) groups is 1. The zero-order valence-corrected chi connectivity index (χ0v) is 11.9. The molecule has 0 aromatic carbocycles. The molecule has 0 rings (SSSR count). The van der Waals surface area contributed by atoms with Crippen molar-refractivity contribution in [3.63, 3.8) is 0 Å². The number of rotatable bonds is 7. The zero-order chi connectivity index (χ0) is 16.4. The number of carbonyl (C=O) groups excluding carboxylic acids is 1. The molecule has 10 heteroatoms. The van der Waals surface area contributed by atoms with Crippen molar-refractivity contribution in [2.75, 3.05) is 0 Å². The van der Waals surface area contributed by atoms with Gasteiger partial charge in [0.25, 0.3) is 0 Å². The molecule has 0 spiro atoms. The van der Waals surface area contributed by atoms with Crippen LogP contribution in [-0.2, 0) is 19.6 Å². The molecule has 0 heterocycles. The van der Waals surface area contributed by atoms with E-state index in [1.54, 1.807) is 0 Å². The molecule has 0 aliphatic heterocycles. The Morgan fingerprint density at radius 2 is 1.40 bits per heavy atom. The van der Waals surface area contributed by atoms with Crippen LogP contribution in [0, 0.1) is 5.41 Å². The Kier molecular flexibility index (Phi) is 5.58. The average Bonchev–Trinajstić information content (AvgIpc) is 2.29. The molecule has 1 N–H and O–H groups in total. The van der Waals surface area contributed by atoms with Crippen LogP contribution in [-0.4, -0.2) is 30.3 Å².